The topological polar surface area (TPSA) is 44.0 Å². The van der Waals surface area contributed by atoms with E-state index in [-0.39, 0.29) is 0 Å². The van der Waals surface area contributed by atoms with Crippen LogP contribution in [-0.2, 0) is 0 Å². The standard InChI is InChI=1S/C15H25NO/c1-13(2)8-10-15(17,11-9-13)14(12-16)6-4-3-5-7-14/h17H,3-11H2,1-2H3. The summed E-state index contributed by atoms with van der Waals surface area (Å²) in [6, 6.07) is 2.50. The average Bonchev–Trinajstić information content (AvgIpc) is 2.34. The van der Waals surface area contributed by atoms with Gasteiger partial charge in [0.1, 0.15) is 0 Å². The molecule has 0 aromatic heterocycles. The zero-order chi connectivity index (χ0) is 12.6. The first-order valence-corrected chi connectivity index (χ1v) is 7.07. The Bertz CT molecular complexity index is 310. The number of nitriles is 1. The first-order chi connectivity index (χ1) is 7.93. The van der Waals surface area contributed by atoms with Crippen LogP contribution < -0.4 is 0 Å². The molecule has 0 spiro atoms. The summed E-state index contributed by atoms with van der Waals surface area (Å²) in [4.78, 5) is 0. The van der Waals surface area contributed by atoms with Crippen LogP contribution in [0.3, 0.4) is 0 Å². The van der Waals surface area contributed by atoms with Gasteiger partial charge in [0.15, 0.2) is 0 Å². The maximum Gasteiger partial charge on any atom is 0.0860 e. The summed E-state index contributed by atoms with van der Waals surface area (Å²) in [5.74, 6) is 0. The molecule has 0 aromatic rings. The van der Waals surface area contributed by atoms with Gasteiger partial charge in [-0.05, 0) is 43.9 Å². The van der Waals surface area contributed by atoms with E-state index in [1.807, 2.05) is 0 Å². The molecule has 2 fully saturated rings. The Labute approximate surface area is 105 Å². The van der Waals surface area contributed by atoms with Gasteiger partial charge >= 0.3 is 0 Å². The number of aliphatic hydroxyl groups is 1. The maximum absolute atomic E-state index is 11.0. The molecule has 2 nitrogen and oxygen atoms in total. The lowest BCUT2D eigenvalue weighted by Crippen LogP contribution is -2.51. The fraction of sp³-hybridized carbons (Fsp3) is 0.933. The first kappa shape index (κ1) is 12.9. The Morgan fingerprint density at radius 1 is 0.882 bits per heavy atom. The number of hydrogen-bond donors (Lipinski definition) is 1. The monoisotopic (exact) mass is 235 g/mol. The van der Waals surface area contributed by atoms with Gasteiger partial charge in [-0.2, -0.15) is 5.26 Å². The molecule has 2 rings (SSSR count). The second-order valence-electron chi connectivity index (χ2n) is 6.95. The van der Waals surface area contributed by atoms with E-state index in [1.165, 1.54) is 6.42 Å². The van der Waals surface area contributed by atoms with E-state index in [0.29, 0.717) is 5.41 Å². The van der Waals surface area contributed by atoms with E-state index in [1.54, 1.807) is 0 Å². The third-order valence-corrected chi connectivity index (χ3v) is 5.24. The fourth-order valence-corrected chi connectivity index (χ4v) is 3.66. The van der Waals surface area contributed by atoms with Crippen molar-refractivity contribution in [3.05, 3.63) is 0 Å². The van der Waals surface area contributed by atoms with Crippen molar-refractivity contribution in [3.63, 3.8) is 0 Å². The van der Waals surface area contributed by atoms with E-state index in [9.17, 15) is 10.4 Å². The van der Waals surface area contributed by atoms with Crippen LogP contribution >= 0.6 is 0 Å². The highest BCUT2D eigenvalue weighted by Gasteiger charge is 2.53. The molecule has 0 unspecified atom stereocenters. The second-order valence-corrected chi connectivity index (χ2v) is 6.95. The molecule has 2 aliphatic rings. The van der Waals surface area contributed by atoms with Crippen LogP contribution in [0, 0.1) is 22.2 Å². The Balaban J connectivity index is 2.17. The van der Waals surface area contributed by atoms with Gasteiger partial charge in [-0.25, -0.2) is 0 Å². The van der Waals surface area contributed by atoms with Gasteiger partial charge in [-0.15, -0.1) is 0 Å². The molecule has 0 bridgehead atoms. The lowest BCUT2D eigenvalue weighted by Gasteiger charge is -2.50. The second kappa shape index (κ2) is 4.28. The van der Waals surface area contributed by atoms with Crippen molar-refractivity contribution in [2.75, 3.05) is 0 Å². The van der Waals surface area contributed by atoms with Gasteiger partial charge in [0.05, 0.1) is 17.1 Å². The predicted molar refractivity (Wildman–Crippen MR) is 68.3 cm³/mol. The SMILES string of the molecule is CC1(C)CCC(O)(C2(C#N)CCCCC2)CC1. The van der Waals surface area contributed by atoms with Crippen molar-refractivity contribution in [2.24, 2.45) is 10.8 Å². The molecular weight excluding hydrogens is 210 g/mol. The van der Waals surface area contributed by atoms with Crippen LogP contribution in [0.2, 0.25) is 0 Å². The van der Waals surface area contributed by atoms with E-state index in [0.717, 1.165) is 51.4 Å². The van der Waals surface area contributed by atoms with Gasteiger partial charge in [0.25, 0.3) is 0 Å². The highest BCUT2D eigenvalue weighted by molar-refractivity contribution is 5.14. The van der Waals surface area contributed by atoms with Crippen LogP contribution in [-0.4, -0.2) is 10.7 Å². The van der Waals surface area contributed by atoms with Crippen LogP contribution in [0.1, 0.15) is 71.6 Å². The van der Waals surface area contributed by atoms with Crippen LogP contribution in [0.4, 0.5) is 0 Å². The molecule has 2 heteroatoms. The molecule has 0 saturated heterocycles. The zero-order valence-electron chi connectivity index (χ0n) is 11.3. The third kappa shape index (κ3) is 2.22. The third-order valence-electron chi connectivity index (χ3n) is 5.24. The average molecular weight is 235 g/mol. The van der Waals surface area contributed by atoms with Crippen molar-refractivity contribution < 1.29 is 5.11 Å². The summed E-state index contributed by atoms with van der Waals surface area (Å²) in [5.41, 5.74) is -0.809. The smallest absolute Gasteiger partial charge is 0.0860 e. The Kier molecular flexibility index (Phi) is 3.25. The van der Waals surface area contributed by atoms with Crippen molar-refractivity contribution in [2.45, 2.75) is 77.2 Å². The minimum absolute atomic E-state index is 0.345. The molecule has 96 valence electrons. The Morgan fingerprint density at radius 2 is 1.41 bits per heavy atom. The molecular formula is C15H25NO. The van der Waals surface area contributed by atoms with E-state index in [4.69, 9.17) is 0 Å². The first-order valence-electron chi connectivity index (χ1n) is 7.07. The lowest BCUT2D eigenvalue weighted by atomic mass is 9.56. The van der Waals surface area contributed by atoms with Crippen molar-refractivity contribution in [1.82, 2.24) is 0 Å². The van der Waals surface area contributed by atoms with Gasteiger partial charge in [-0.1, -0.05) is 33.1 Å². The molecule has 2 saturated carbocycles. The van der Waals surface area contributed by atoms with E-state index >= 15 is 0 Å². The minimum Gasteiger partial charge on any atom is -0.388 e. The quantitative estimate of drug-likeness (QED) is 0.751. The van der Waals surface area contributed by atoms with Crippen molar-refractivity contribution in [1.29, 1.82) is 5.26 Å². The summed E-state index contributed by atoms with van der Waals surface area (Å²) >= 11 is 0. The minimum atomic E-state index is -0.711. The molecule has 0 aromatic carbocycles. The number of nitrogens with zero attached hydrogens (tertiary/aromatic N) is 1. The van der Waals surface area contributed by atoms with E-state index < -0.39 is 11.0 Å². The molecule has 0 radical (unpaired) electrons. The summed E-state index contributed by atoms with van der Waals surface area (Å²) in [6.07, 6.45) is 8.98. The molecule has 1 N–H and O–H groups in total. The fourth-order valence-electron chi connectivity index (χ4n) is 3.66. The highest BCUT2D eigenvalue weighted by atomic mass is 16.3. The molecule has 0 aliphatic heterocycles. The Hall–Kier alpha value is -0.550. The van der Waals surface area contributed by atoms with Crippen LogP contribution in [0.25, 0.3) is 0 Å². The molecule has 0 heterocycles. The predicted octanol–water partition coefficient (Wildman–Crippen LogP) is 3.79. The van der Waals surface area contributed by atoms with Crippen molar-refractivity contribution in [3.8, 4) is 6.07 Å². The largest absolute Gasteiger partial charge is 0.388 e. The summed E-state index contributed by atoms with van der Waals surface area (Å²) in [7, 11) is 0. The molecule has 17 heavy (non-hydrogen) atoms. The van der Waals surface area contributed by atoms with Gasteiger partial charge in [0.2, 0.25) is 0 Å². The molecule has 0 atom stereocenters. The van der Waals surface area contributed by atoms with Gasteiger partial charge < -0.3 is 5.11 Å². The number of rotatable bonds is 1. The van der Waals surface area contributed by atoms with Crippen LogP contribution in [0.5, 0.6) is 0 Å². The lowest BCUT2D eigenvalue weighted by molar-refractivity contribution is -0.114. The summed E-state index contributed by atoms with van der Waals surface area (Å²) < 4.78 is 0. The van der Waals surface area contributed by atoms with Gasteiger partial charge in [0, 0.05) is 0 Å². The maximum atomic E-state index is 11.0. The van der Waals surface area contributed by atoms with E-state index in [2.05, 4.69) is 19.9 Å². The van der Waals surface area contributed by atoms with Crippen LogP contribution in [0.15, 0.2) is 0 Å². The zero-order valence-corrected chi connectivity index (χ0v) is 11.3. The Morgan fingerprint density at radius 3 is 1.88 bits per heavy atom. The molecule has 2 aliphatic carbocycles. The summed E-state index contributed by atoms with van der Waals surface area (Å²) in [6.45, 7) is 4.54. The number of hydrogen-bond acceptors (Lipinski definition) is 2. The highest BCUT2D eigenvalue weighted by Crippen LogP contribution is 2.53. The van der Waals surface area contributed by atoms with Crippen molar-refractivity contribution >= 4 is 0 Å². The molecule has 0 amide bonds. The summed E-state index contributed by atoms with van der Waals surface area (Å²) in [5, 5.41) is 20.5. The normalized spacial score (nSPS) is 30.5. The van der Waals surface area contributed by atoms with Gasteiger partial charge in [-0.3, -0.25) is 0 Å².